The lowest BCUT2D eigenvalue weighted by molar-refractivity contribution is 0.330. The van der Waals surface area contributed by atoms with Crippen molar-refractivity contribution in [2.24, 2.45) is 0 Å². The summed E-state index contributed by atoms with van der Waals surface area (Å²) < 4.78 is 95.9. The van der Waals surface area contributed by atoms with Gasteiger partial charge in [0.15, 0.2) is 0 Å². The van der Waals surface area contributed by atoms with E-state index in [0.29, 0.717) is 31.7 Å². The van der Waals surface area contributed by atoms with Gasteiger partial charge in [-0.1, -0.05) is 0 Å². The van der Waals surface area contributed by atoms with Crippen LogP contribution in [-0.4, -0.2) is 64.2 Å². The third kappa shape index (κ3) is 9.36. The highest BCUT2D eigenvalue weighted by molar-refractivity contribution is 7.92. The highest BCUT2D eigenvalue weighted by Crippen LogP contribution is 2.58. The summed E-state index contributed by atoms with van der Waals surface area (Å²) in [6.45, 7) is 0.507. The Morgan fingerprint density at radius 3 is 1.47 bits per heavy atom. The van der Waals surface area contributed by atoms with Crippen molar-refractivity contribution < 1.29 is 49.5 Å². The summed E-state index contributed by atoms with van der Waals surface area (Å²) in [7, 11) is -18.8. The molecular formula is C22H24Cl2N2O11P2S4. The second-order valence-electron chi connectivity index (χ2n) is 8.57. The number of benzene rings is 2. The molecule has 2 unspecified atom stereocenters. The number of fused-ring (bicyclic) bond motifs is 2. The molecule has 2 aromatic heterocycles. The lowest BCUT2D eigenvalue weighted by atomic mass is 10.2. The quantitative estimate of drug-likeness (QED) is 0.0897. The Balaban J connectivity index is 1.37. The van der Waals surface area contributed by atoms with Crippen LogP contribution in [0.5, 0.6) is 11.5 Å². The number of ether oxygens (including phenoxy) is 2. The smallest absolute Gasteiger partial charge is 0.350 e. The molecule has 0 aliphatic heterocycles. The number of thiophene rings is 2. The van der Waals surface area contributed by atoms with Crippen molar-refractivity contribution in [3.63, 3.8) is 0 Å². The van der Waals surface area contributed by atoms with Gasteiger partial charge in [0.25, 0.3) is 20.0 Å². The first-order valence-electron chi connectivity index (χ1n) is 11.9. The van der Waals surface area contributed by atoms with Crippen LogP contribution < -0.4 is 18.9 Å². The predicted octanol–water partition coefficient (Wildman–Crippen LogP) is 4.91. The maximum absolute atomic E-state index is 12.8. The fourth-order valence-corrected chi connectivity index (χ4v) is 12.5. The van der Waals surface area contributed by atoms with Crippen LogP contribution >= 0.6 is 61.1 Å². The second kappa shape index (κ2) is 14.0. The lowest BCUT2D eigenvalue weighted by Crippen LogP contribution is -2.26. The highest BCUT2D eigenvalue weighted by atomic mass is 35.5. The van der Waals surface area contributed by atoms with Crippen LogP contribution in [0, 0.1) is 0 Å². The molecule has 0 radical (unpaired) electrons. The fourth-order valence-electron chi connectivity index (χ4n) is 3.48. The molecule has 0 aliphatic carbocycles. The number of alkyl halides is 2. The van der Waals surface area contributed by atoms with Gasteiger partial charge < -0.3 is 19.3 Å². The molecule has 236 valence electrons. The van der Waals surface area contributed by atoms with E-state index >= 15 is 0 Å². The molecule has 4 aromatic rings. The van der Waals surface area contributed by atoms with Crippen LogP contribution in [0.15, 0.2) is 56.9 Å². The molecule has 2 heterocycles. The Morgan fingerprint density at radius 1 is 0.698 bits per heavy atom. The Hall–Kier alpha value is -1.30. The van der Waals surface area contributed by atoms with Crippen molar-refractivity contribution >= 4 is 101 Å². The molecule has 0 amide bonds. The summed E-state index contributed by atoms with van der Waals surface area (Å²) >= 11 is 13.0. The molecule has 0 fully saturated rings. The number of halogens is 2. The van der Waals surface area contributed by atoms with Gasteiger partial charge in [0.2, 0.25) is 0 Å². The van der Waals surface area contributed by atoms with Crippen LogP contribution in [0.2, 0.25) is 0 Å². The van der Waals surface area contributed by atoms with Crippen LogP contribution in [0.3, 0.4) is 0 Å². The zero-order valence-corrected chi connectivity index (χ0v) is 28.3. The van der Waals surface area contributed by atoms with Gasteiger partial charge in [-0.2, -0.15) is 9.44 Å². The van der Waals surface area contributed by atoms with Gasteiger partial charge >= 0.3 is 15.2 Å². The van der Waals surface area contributed by atoms with Gasteiger partial charge in [-0.15, -0.1) is 45.9 Å². The SMILES string of the molecule is O=P(O)(CNS(=O)(=O)c1cc2cc(OCCCl)ccc2s1)OP(=O)(O)CNS(=O)(=O)c1cc2cc(OCCCl)ccc2s1. The summed E-state index contributed by atoms with van der Waals surface area (Å²) in [5.41, 5.74) is 0. The van der Waals surface area contributed by atoms with Crippen molar-refractivity contribution in [1.29, 1.82) is 0 Å². The van der Waals surface area contributed by atoms with E-state index in [0.717, 1.165) is 22.7 Å². The summed E-state index contributed by atoms with van der Waals surface area (Å²) in [4.78, 5) is 20.2. The first-order valence-corrected chi connectivity index (χ1v) is 21.1. The minimum absolute atomic E-state index is 0.196. The van der Waals surface area contributed by atoms with Crippen molar-refractivity contribution in [3.8, 4) is 11.5 Å². The van der Waals surface area contributed by atoms with E-state index in [2.05, 4.69) is 4.31 Å². The Labute approximate surface area is 264 Å². The normalized spacial score (nSPS) is 15.3. The molecule has 0 bridgehead atoms. The van der Waals surface area contributed by atoms with E-state index < -0.39 is 47.8 Å². The third-order valence-electron chi connectivity index (χ3n) is 5.32. The Bertz CT molecular complexity index is 1800. The average Bonchev–Trinajstić information content (AvgIpc) is 3.57. The summed E-state index contributed by atoms with van der Waals surface area (Å²) in [5, 5.41) is 1.07. The third-order valence-corrected chi connectivity index (χ3v) is 15.2. The maximum Gasteiger partial charge on any atom is 0.350 e. The molecule has 21 heteroatoms. The minimum atomic E-state index is -5.07. The van der Waals surface area contributed by atoms with E-state index in [1.807, 2.05) is 9.44 Å². The molecule has 2 atom stereocenters. The average molecular weight is 754 g/mol. The summed E-state index contributed by atoms with van der Waals surface area (Å²) in [6.07, 6.45) is -2.51. The van der Waals surface area contributed by atoms with Crippen LogP contribution in [-0.2, 0) is 33.5 Å². The molecule has 4 rings (SSSR count). The molecule has 13 nitrogen and oxygen atoms in total. The van der Waals surface area contributed by atoms with Gasteiger partial charge in [-0.05, 0) is 59.3 Å². The molecule has 43 heavy (non-hydrogen) atoms. The van der Waals surface area contributed by atoms with Gasteiger partial charge in [0.05, 0.1) is 11.8 Å². The number of nitrogens with one attached hydrogen (secondary N) is 2. The van der Waals surface area contributed by atoms with Crippen molar-refractivity contribution in [2.45, 2.75) is 8.42 Å². The topological polar surface area (TPSA) is 195 Å². The number of hydrogen-bond donors (Lipinski definition) is 4. The molecule has 0 saturated heterocycles. The fraction of sp³-hybridized carbons (Fsp3) is 0.273. The van der Waals surface area contributed by atoms with Crippen molar-refractivity contribution in [2.75, 3.05) is 37.5 Å². The molecule has 0 aliphatic rings. The largest absolute Gasteiger partial charge is 0.492 e. The standard InChI is InChI=1S/C22H24Cl2N2O11P2S4/c23-5-7-35-17-1-3-19-15(9-17)11-21(40-19)42(31,32)25-13-38(27,28)37-39(29,30)14-26-43(33,34)22-12-16-10-18(36-8-6-24)2-4-20(16)41-22/h1-4,9-12,25-26H,5-8,13-14H2,(H,27,28)(H,29,30). The van der Waals surface area contributed by atoms with Crippen LogP contribution in [0.1, 0.15) is 0 Å². The van der Waals surface area contributed by atoms with Crippen LogP contribution in [0.4, 0.5) is 0 Å². The van der Waals surface area contributed by atoms with Gasteiger partial charge in [0, 0.05) is 9.40 Å². The monoisotopic (exact) mass is 752 g/mol. The number of rotatable bonds is 16. The zero-order chi connectivity index (χ0) is 31.5. The van der Waals surface area contributed by atoms with E-state index in [4.69, 9.17) is 32.7 Å². The second-order valence-corrected chi connectivity index (χ2v) is 19.3. The first kappa shape index (κ1) is 34.6. The van der Waals surface area contributed by atoms with E-state index in [9.17, 15) is 35.8 Å². The maximum atomic E-state index is 12.8. The first-order chi connectivity index (χ1) is 20.1. The lowest BCUT2D eigenvalue weighted by Gasteiger charge is -2.17. The van der Waals surface area contributed by atoms with Crippen molar-refractivity contribution in [1.82, 2.24) is 9.44 Å². The van der Waals surface area contributed by atoms with E-state index in [-0.39, 0.29) is 33.4 Å². The molecule has 0 saturated carbocycles. The molecular weight excluding hydrogens is 729 g/mol. The molecule has 4 N–H and O–H groups in total. The van der Waals surface area contributed by atoms with Gasteiger partial charge in [-0.25, -0.2) is 21.1 Å². The van der Waals surface area contributed by atoms with Crippen molar-refractivity contribution in [3.05, 3.63) is 48.5 Å². The predicted molar refractivity (Wildman–Crippen MR) is 167 cm³/mol. The number of sulfonamides is 2. The number of hydrogen-bond acceptors (Lipinski definition) is 11. The minimum Gasteiger partial charge on any atom is -0.492 e. The summed E-state index contributed by atoms with van der Waals surface area (Å²) in [6, 6.07) is 12.4. The Kier molecular flexibility index (Phi) is 11.3. The van der Waals surface area contributed by atoms with Gasteiger partial charge in [0.1, 0.15) is 45.7 Å². The van der Waals surface area contributed by atoms with Crippen LogP contribution in [0.25, 0.3) is 20.2 Å². The zero-order valence-electron chi connectivity index (χ0n) is 21.7. The molecule has 0 spiro atoms. The van der Waals surface area contributed by atoms with E-state index in [1.165, 1.54) is 12.1 Å². The summed E-state index contributed by atoms with van der Waals surface area (Å²) in [5.74, 6) is 1.47. The molecule has 2 aromatic carbocycles. The van der Waals surface area contributed by atoms with Gasteiger partial charge in [-0.3, -0.25) is 9.13 Å². The highest BCUT2D eigenvalue weighted by Gasteiger charge is 2.35. The Morgan fingerprint density at radius 2 is 1.09 bits per heavy atom. The van der Waals surface area contributed by atoms with E-state index in [1.54, 1.807) is 36.4 Å².